The number of hydrogen-bond donors (Lipinski definition) is 1. The Hall–Kier alpha value is -0.900. The molecule has 3 heteroatoms. The standard InChI is InChI=1S/C17H29N3/c1-4-18-10-9-16-5-7-17(8-6-16)14-20-12-11-19(3)13-15(20)2/h5-8,15,18H,4,9-14H2,1-3H3. The highest BCUT2D eigenvalue weighted by Crippen LogP contribution is 2.13. The van der Waals surface area contributed by atoms with Crippen molar-refractivity contribution in [3.63, 3.8) is 0 Å². The van der Waals surface area contributed by atoms with Gasteiger partial charge in [-0.25, -0.2) is 0 Å². The number of piperazine rings is 1. The summed E-state index contributed by atoms with van der Waals surface area (Å²) in [7, 11) is 2.22. The Kier molecular flexibility index (Phi) is 6.02. The van der Waals surface area contributed by atoms with Gasteiger partial charge in [-0.3, -0.25) is 4.90 Å². The fraction of sp³-hybridized carbons (Fsp3) is 0.647. The minimum absolute atomic E-state index is 0.655. The summed E-state index contributed by atoms with van der Waals surface area (Å²) >= 11 is 0. The second-order valence-corrected chi connectivity index (χ2v) is 6.00. The van der Waals surface area contributed by atoms with E-state index >= 15 is 0 Å². The van der Waals surface area contributed by atoms with Crippen LogP contribution in [0.15, 0.2) is 24.3 Å². The van der Waals surface area contributed by atoms with Crippen LogP contribution < -0.4 is 5.32 Å². The molecule has 1 aliphatic heterocycles. The van der Waals surface area contributed by atoms with E-state index in [1.54, 1.807) is 0 Å². The zero-order valence-corrected chi connectivity index (χ0v) is 13.2. The lowest BCUT2D eigenvalue weighted by atomic mass is 10.1. The number of nitrogens with zero attached hydrogens (tertiary/aromatic N) is 2. The fourth-order valence-electron chi connectivity index (χ4n) is 2.87. The largest absolute Gasteiger partial charge is 0.317 e. The van der Waals surface area contributed by atoms with Gasteiger partial charge in [0.2, 0.25) is 0 Å². The fourth-order valence-corrected chi connectivity index (χ4v) is 2.87. The van der Waals surface area contributed by atoms with Crippen molar-refractivity contribution in [2.45, 2.75) is 32.9 Å². The monoisotopic (exact) mass is 275 g/mol. The van der Waals surface area contributed by atoms with Gasteiger partial charge in [-0.2, -0.15) is 0 Å². The number of benzene rings is 1. The van der Waals surface area contributed by atoms with E-state index in [-0.39, 0.29) is 0 Å². The van der Waals surface area contributed by atoms with Gasteiger partial charge in [0.15, 0.2) is 0 Å². The number of nitrogens with one attached hydrogen (secondary N) is 1. The van der Waals surface area contributed by atoms with E-state index in [9.17, 15) is 0 Å². The van der Waals surface area contributed by atoms with Crippen molar-refractivity contribution in [1.29, 1.82) is 0 Å². The van der Waals surface area contributed by atoms with Crippen LogP contribution in [0.5, 0.6) is 0 Å². The molecule has 3 nitrogen and oxygen atoms in total. The van der Waals surface area contributed by atoms with Crippen molar-refractivity contribution >= 4 is 0 Å². The summed E-state index contributed by atoms with van der Waals surface area (Å²) in [6.07, 6.45) is 1.12. The Balaban J connectivity index is 1.84. The molecule has 2 rings (SSSR count). The molecule has 1 unspecified atom stereocenters. The first kappa shape index (κ1) is 15.5. The van der Waals surface area contributed by atoms with E-state index in [4.69, 9.17) is 0 Å². The molecule has 0 saturated carbocycles. The third kappa shape index (κ3) is 4.58. The predicted octanol–water partition coefficient (Wildman–Crippen LogP) is 1.97. The van der Waals surface area contributed by atoms with E-state index in [1.807, 2.05) is 0 Å². The van der Waals surface area contributed by atoms with Crippen LogP contribution in [0.25, 0.3) is 0 Å². The third-order valence-corrected chi connectivity index (χ3v) is 4.22. The molecule has 112 valence electrons. The zero-order valence-electron chi connectivity index (χ0n) is 13.2. The van der Waals surface area contributed by atoms with Gasteiger partial charge in [-0.1, -0.05) is 31.2 Å². The van der Waals surface area contributed by atoms with E-state index in [0.717, 1.165) is 26.1 Å². The summed E-state index contributed by atoms with van der Waals surface area (Å²) < 4.78 is 0. The lowest BCUT2D eigenvalue weighted by Crippen LogP contribution is -2.49. The van der Waals surface area contributed by atoms with Gasteiger partial charge in [-0.15, -0.1) is 0 Å². The van der Waals surface area contributed by atoms with Crippen molar-refractivity contribution in [3.05, 3.63) is 35.4 Å². The average Bonchev–Trinajstić information content (AvgIpc) is 2.44. The Bertz CT molecular complexity index is 388. The molecule has 0 amide bonds. The molecule has 0 bridgehead atoms. The van der Waals surface area contributed by atoms with Gasteiger partial charge >= 0.3 is 0 Å². The quantitative estimate of drug-likeness (QED) is 0.801. The van der Waals surface area contributed by atoms with E-state index in [0.29, 0.717) is 6.04 Å². The lowest BCUT2D eigenvalue weighted by molar-refractivity contribution is 0.0938. The molecular weight excluding hydrogens is 246 g/mol. The highest BCUT2D eigenvalue weighted by molar-refractivity contribution is 5.23. The van der Waals surface area contributed by atoms with Gasteiger partial charge in [0.25, 0.3) is 0 Å². The summed E-state index contributed by atoms with van der Waals surface area (Å²) in [4.78, 5) is 5.01. The first-order valence-corrected chi connectivity index (χ1v) is 7.90. The molecule has 20 heavy (non-hydrogen) atoms. The topological polar surface area (TPSA) is 18.5 Å². The predicted molar refractivity (Wildman–Crippen MR) is 86.1 cm³/mol. The molecule has 1 fully saturated rings. The van der Waals surface area contributed by atoms with Crippen LogP contribution >= 0.6 is 0 Å². The highest BCUT2D eigenvalue weighted by Gasteiger charge is 2.21. The molecule has 1 atom stereocenters. The Morgan fingerprint density at radius 1 is 1.15 bits per heavy atom. The number of likely N-dealkylation sites (N-methyl/N-ethyl adjacent to an activating group) is 2. The Morgan fingerprint density at radius 2 is 1.85 bits per heavy atom. The van der Waals surface area contributed by atoms with Gasteiger partial charge in [-0.05, 0) is 44.6 Å². The lowest BCUT2D eigenvalue weighted by Gasteiger charge is -2.38. The van der Waals surface area contributed by atoms with Gasteiger partial charge < -0.3 is 10.2 Å². The molecule has 1 aliphatic rings. The normalized spacial score (nSPS) is 21.2. The maximum absolute atomic E-state index is 3.37. The Labute approximate surface area is 124 Å². The third-order valence-electron chi connectivity index (χ3n) is 4.22. The van der Waals surface area contributed by atoms with E-state index in [1.165, 1.54) is 30.8 Å². The van der Waals surface area contributed by atoms with Gasteiger partial charge in [0.1, 0.15) is 0 Å². The first-order valence-electron chi connectivity index (χ1n) is 7.90. The maximum atomic E-state index is 3.37. The second-order valence-electron chi connectivity index (χ2n) is 6.00. The molecule has 0 aliphatic carbocycles. The van der Waals surface area contributed by atoms with Crippen LogP contribution in [0.3, 0.4) is 0 Å². The summed E-state index contributed by atoms with van der Waals surface area (Å²) in [6.45, 7) is 11.2. The molecule has 0 aromatic heterocycles. The Morgan fingerprint density at radius 3 is 2.50 bits per heavy atom. The summed E-state index contributed by atoms with van der Waals surface area (Å²) in [5.41, 5.74) is 2.87. The molecule has 0 radical (unpaired) electrons. The van der Waals surface area contributed by atoms with Crippen molar-refractivity contribution in [1.82, 2.24) is 15.1 Å². The van der Waals surface area contributed by atoms with Crippen LogP contribution in [0, 0.1) is 0 Å². The van der Waals surface area contributed by atoms with Crippen LogP contribution in [0.2, 0.25) is 0 Å². The number of rotatable bonds is 6. The minimum Gasteiger partial charge on any atom is -0.317 e. The smallest absolute Gasteiger partial charge is 0.0237 e. The summed E-state index contributed by atoms with van der Waals surface area (Å²) in [5.74, 6) is 0. The average molecular weight is 275 g/mol. The molecule has 1 N–H and O–H groups in total. The van der Waals surface area contributed by atoms with Crippen LogP contribution in [0.1, 0.15) is 25.0 Å². The van der Waals surface area contributed by atoms with Crippen LogP contribution in [-0.2, 0) is 13.0 Å². The zero-order chi connectivity index (χ0) is 14.4. The molecule has 0 spiro atoms. The molecule has 1 saturated heterocycles. The van der Waals surface area contributed by atoms with Crippen molar-refractivity contribution in [3.8, 4) is 0 Å². The SMILES string of the molecule is CCNCCc1ccc(CN2CCN(C)CC2C)cc1. The molecular formula is C17H29N3. The summed E-state index contributed by atoms with van der Waals surface area (Å²) in [5, 5.41) is 3.37. The molecule has 1 aromatic carbocycles. The van der Waals surface area contributed by atoms with E-state index < -0.39 is 0 Å². The van der Waals surface area contributed by atoms with E-state index in [2.05, 4.69) is 60.3 Å². The highest BCUT2D eigenvalue weighted by atomic mass is 15.3. The van der Waals surface area contributed by atoms with Gasteiger partial charge in [0, 0.05) is 32.2 Å². The first-order chi connectivity index (χ1) is 9.69. The van der Waals surface area contributed by atoms with Crippen molar-refractivity contribution in [2.24, 2.45) is 0 Å². The van der Waals surface area contributed by atoms with Crippen LogP contribution in [-0.4, -0.2) is 55.6 Å². The maximum Gasteiger partial charge on any atom is 0.0237 e. The number of hydrogen-bond acceptors (Lipinski definition) is 3. The second kappa shape index (κ2) is 7.77. The molecule has 1 heterocycles. The van der Waals surface area contributed by atoms with Crippen molar-refractivity contribution in [2.75, 3.05) is 39.8 Å². The summed E-state index contributed by atoms with van der Waals surface area (Å²) in [6, 6.07) is 9.82. The molecule has 1 aromatic rings. The van der Waals surface area contributed by atoms with Gasteiger partial charge in [0.05, 0.1) is 0 Å². The van der Waals surface area contributed by atoms with Crippen molar-refractivity contribution < 1.29 is 0 Å². The van der Waals surface area contributed by atoms with Crippen LogP contribution in [0.4, 0.5) is 0 Å². The minimum atomic E-state index is 0.655.